The molecule has 0 bridgehead atoms. The van der Waals surface area contributed by atoms with Gasteiger partial charge in [0.25, 0.3) is 0 Å². The van der Waals surface area contributed by atoms with Crippen molar-refractivity contribution >= 4 is 28.5 Å². The van der Waals surface area contributed by atoms with Crippen LogP contribution in [0.15, 0.2) is 60.9 Å². The van der Waals surface area contributed by atoms with Gasteiger partial charge in [0.2, 0.25) is 5.91 Å². The second-order valence-corrected chi connectivity index (χ2v) is 6.07. The number of pyridine rings is 1. The van der Waals surface area contributed by atoms with Crippen molar-refractivity contribution in [1.29, 1.82) is 0 Å². The number of hydrogen-bond acceptors (Lipinski definition) is 4. The molecule has 7 nitrogen and oxygen atoms in total. The molecule has 1 unspecified atom stereocenters. The number of aliphatic hydroxyl groups is 1. The van der Waals surface area contributed by atoms with Gasteiger partial charge >= 0.3 is 6.09 Å². The highest BCUT2D eigenvalue weighted by molar-refractivity contribution is 5.98. The van der Waals surface area contributed by atoms with Crippen LogP contribution in [0, 0.1) is 0 Å². The lowest BCUT2D eigenvalue weighted by Crippen LogP contribution is -2.33. The number of benzene rings is 2. The zero-order chi connectivity index (χ0) is 19.2. The first kappa shape index (κ1) is 18.3. The number of aliphatic hydroxyl groups excluding tert-OH is 1. The number of fused-ring (bicyclic) bond motifs is 1. The van der Waals surface area contributed by atoms with Gasteiger partial charge in [0.1, 0.15) is 0 Å². The van der Waals surface area contributed by atoms with Crippen LogP contribution in [0.2, 0.25) is 0 Å². The van der Waals surface area contributed by atoms with Gasteiger partial charge in [-0.15, -0.1) is 0 Å². The van der Waals surface area contributed by atoms with Crippen molar-refractivity contribution in [3.05, 3.63) is 72.1 Å². The van der Waals surface area contributed by atoms with Crippen LogP contribution in [-0.2, 0) is 11.4 Å². The minimum atomic E-state index is -1.20. The molecule has 0 saturated carbocycles. The first-order valence-corrected chi connectivity index (χ1v) is 8.38. The molecule has 0 spiro atoms. The maximum Gasteiger partial charge on any atom is 0.404 e. The van der Waals surface area contributed by atoms with Crippen LogP contribution in [0.3, 0.4) is 0 Å². The van der Waals surface area contributed by atoms with E-state index in [1.807, 2.05) is 18.2 Å². The van der Waals surface area contributed by atoms with Gasteiger partial charge in [0, 0.05) is 30.0 Å². The van der Waals surface area contributed by atoms with E-state index in [2.05, 4.69) is 15.6 Å². The quantitative estimate of drug-likeness (QED) is 0.537. The molecular weight excluding hydrogens is 346 g/mol. The fourth-order valence-electron chi connectivity index (χ4n) is 2.80. The Morgan fingerprint density at radius 3 is 2.52 bits per heavy atom. The Hall–Kier alpha value is -3.45. The lowest BCUT2D eigenvalue weighted by Gasteiger charge is -2.18. The fourth-order valence-corrected chi connectivity index (χ4v) is 2.80. The van der Waals surface area contributed by atoms with Crippen LogP contribution in [0.25, 0.3) is 10.8 Å². The summed E-state index contributed by atoms with van der Waals surface area (Å²) in [6, 6.07) is 14.2. The number of carbonyl (C=O) groups excluding carboxylic acids is 1. The molecule has 3 rings (SSSR count). The molecule has 2 aromatic carbocycles. The Balaban J connectivity index is 1.82. The number of amides is 2. The molecule has 1 atom stereocenters. The molecule has 27 heavy (non-hydrogen) atoms. The topological polar surface area (TPSA) is 112 Å². The van der Waals surface area contributed by atoms with Crippen molar-refractivity contribution in [3.63, 3.8) is 0 Å². The van der Waals surface area contributed by atoms with E-state index in [9.17, 15) is 9.59 Å². The number of nitrogens with one attached hydrogen (secondary N) is 2. The lowest BCUT2D eigenvalue weighted by molar-refractivity contribution is -0.117. The van der Waals surface area contributed by atoms with Gasteiger partial charge < -0.3 is 20.8 Å². The van der Waals surface area contributed by atoms with Crippen LogP contribution in [0.5, 0.6) is 0 Å². The van der Waals surface area contributed by atoms with Crippen LogP contribution in [0.4, 0.5) is 10.5 Å². The van der Waals surface area contributed by atoms with Crippen LogP contribution in [0.1, 0.15) is 17.0 Å². The third kappa shape index (κ3) is 4.59. The number of hydrogen-bond donors (Lipinski definition) is 4. The molecule has 0 radical (unpaired) electrons. The van der Waals surface area contributed by atoms with Gasteiger partial charge in [-0.25, -0.2) is 4.79 Å². The Morgan fingerprint density at radius 2 is 1.81 bits per heavy atom. The van der Waals surface area contributed by atoms with Gasteiger partial charge in [0.15, 0.2) is 0 Å². The molecule has 3 aromatic rings. The molecule has 0 aliphatic carbocycles. The number of aromatic nitrogens is 1. The highest BCUT2D eigenvalue weighted by Crippen LogP contribution is 2.22. The summed E-state index contributed by atoms with van der Waals surface area (Å²) in [5, 5.41) is 25.1. The predicted molar refractivity (Wildman–Crippen MR) is 102 cm³/mol. The molecular formula is C20H19N3O4. The fraction of sp³-hybridized carbons (Fsp3) is 0.150. The number of carboxylic acid groups (broad SMARTS) is 1. The van der Waals surface area contributed by atoms with E-state index in [1.165, 1.54) is 0 Å². The molecule has 1 heterocycles. The van der Waals surface area contributed by atoms with Crippen molar-refractivity contribution in [2.45, 2.75) is 12.5 Å². The van der Waals surface area contributed by atoms with E-state index < -0.39 is 12.0 Å². The third-order valence-corrected chi connectivity index (χ3v) is 4.25. The molecule has 7 heteroatoms. The molecule has 0 saturated heterocycles. The standard InChI is InChI=1S/C20H19N3O4/c24-12-13-1-3-14(4-2-13)18(11-22-20(26)27)19(25)23-17-6-5-16-10-21-8-7-15(16)9-17/h1-10,18,22,24H,11-12H2,(H,23,25)(H,26,27). The van der Waals surface area contributed by atoms with Crippen LogP contribution in [-0.4, -0.2) is 33.7 Å². The molecule has 138 valence electrons. The summed E-state index contributed by atoms with van der Waals surface area (Å²) < 4.78 is 0. The Bertz CT molecular complexity index is 957. The SMILES string of the molecule is O=C(O)NCC(C(=O)Nc1ccc2cnccc2c1)c1ccc(CO)cc1. The van der Waals surface area contributed by atoms with Gasteiger partial charge in [-0.2, -0.15) is 0 Å². The smallest absolute Gasteiger partial charge is 0.404 e. The summed E-state index contributed by atoms with van der Waals surface area (Å²) in [6.07, 6.45) is 2.22. The third-order valence-electron chi connectivity index (χ3n) is 4.25. The van der Waals surface area contributed by atoms with Crippen molar-refractivity contribution in [1.82, 2.24) is 10.3 Å². The van der Waals surface area contributed by atoms with Crippen LogP contribution >= 0.6 is 0 Å². The lowest BCUT2D eigenvalue weighted by atomic mass is 9.96. The second-order valence-electron chi connectivity index (χ2n) is 6.07. The average Bonchev–Trinajstić information content (AvgIpc) is 2.68. The van der Waals surface area contributed by atoms with E-state index in [-0.39, 0.29) is 19.1 Å². The van der Waals surface area contributed by atoms with Gasteiger partial charge in [0.05, 0.1) is 12.5 Å². The molecule has 0 fully saturated rings. The summed E-state index contributed by atoms with van der Waals surface area (Å²) in [6.45, 7) is -0.159. The van der Waals surface area contributed by atoms with E-state index in [0.717, 1.165) is 10.8 Å². The van der Waals surface area contributed by atoms with Crippen molar-refractivity contribution in [2.24, 2.45) is 0 Å². The number of anilines is 1. The minimum Gasteiger partial charge on any atom is -0.465 e. The van der Waals surface area contributed by atoms with Gasteiger partial charge in [-0.05, 0) is 34.7 Å². The summed E-state index contributed by atoms with van der Waals surface area (Å²) >= 11 is 0. The Kier molecular flexibility index (Phi) is 5.63. The van der Waals surface area contributed by atoms with Crippen LogP contribution < -0.4 is 10.6 Å². The summed E-state index contributed by atoms with van der Waals surface area (Å²) in [5.41, 5.74) is 1.99. The highest BCUT2D eigenvalue weighted by Gasteiger charge is 2.21. The maximum absolute atomic E-state index is 12.8. The zero-order valence-corrected chi connectivity index (χ0v) is 14.4. The van der Waals surface area contributed by atoms with Crippen molar-refractivity contribution in [2.75, 3.05) is 11.9 Å². The molecule has 2 amide bonds. The Morgan fingerprint density at radius 1 is 1.04 bits per heavy atom. The predicted octanol–water partition coefficient (Wildman–Crippen LogP) is 2.72. The van der Waals surface area contributed by atoms with Gasteiger partial charge in [-0.1, -0.05) is 30.3 Å². The largest absolute Gasteiger partial charge is 0.465 e. The van der Waals surface area contributed by atoms with Crippen molar-refractivity contribution in [3.8, 4) is 0 Å². The first-order chi connectivity index (χ1) is 13.1. The maximum atomic E-state index is 12.8. The second kappa shape index (κ2) is 8.29. The summed E-state index contributed by atoms with van der Waals surface area (Å²) in [7, 11) is 0. The highest BCUT2D eigenvalue weighted by atomic mass is 16.4. The zero-order valence-electron chi connectivity index (χ0n) is 14.4. The van der Waals surface area contributed by atoms with E-state index in [4.69, 9.17) is 10.2 Å². The van der Waals surface area contributed by atoms with E-state index >= 15 is 0 Å². The molecule has 0 aliphatic heterocycles. The molecule has 0 aliphatic rings. The number of nitrogens with zero attached hydrogens (tertiary/aromatic N) is 1. The minimum absolute atomic E-state index is 0.0584. The normalized spacial score (nSPS) is 11.7. The average molecular weight is 365 g/mol. The number of rotatable bonds is 6. The van der Waals surface area contributed by atoms with E-state index in [1.54, 1.807) is 42.7 Å². The molecule has 1 aromatic heterocycles. The number of carbonyl (C=O) groups is 2. The summed E-state index contributed by atoms with van der Waals surface area (Å²) in [5.74, 6) is -1.03. The van der Waals surface area contributed by atoms with E-state index in [0.29, 0.717) is 16.8 Å². The summed E-state index contributed by atoms with van der Waals surface area (Å²) in [4.78, 5) is 27.7. The van der Waals surface area contributed by atoms with Gasteiger partial charge in [-0.3, -0.25) is 9.78 Å². The Labute approximate surface area is 155 Å². The van der Waals surface area contributed by atoms with Crippen molar-refractivity contribution < 1.29 is 19.8 Å². The first-order valence-electron chi connectivity index (χ1n) is 8.38. The monoisotopic (exact) mass is 365 g/mol. The molecule has 4 N–H and O–H groups in total.